The highest BCUT2D eigenvalue weighted by atomic mass is 15.2. The first-order chi connectivity index (χ1) is 8.74. The van der Waals surface area contributed by atoms with Crippen LogP contribution in [0.4, 0.5) is 0 Å². The predicted molar refractivity (Wildman–Crippen MR) is 81.0 cm³/mol. The molecule has 0 bridgehead atoms. The van der Waals surface area contributed by atoms with Gasteiger partial charge in [0.2, 0.25) is 0 Å². The Hall–Kier alpha value is -0.340. The Morgan fingerprint density at radius 3 is 2.72 bits per heavy atom. The van der Waals surface area contributed by atoms with E-state index in [1.165, 1.54) is 64.6 Å². The third-order valence-electron chi connectivity index (χ3n) is 3.95. The van der Waals surface area contributed by atoms with E-state index in [0.29, 0.717) is 6.04 Å². The summed E-state index contributed by atoms with van der Waals surface area (Å²) in [5.41, 5.74) is 0. The van der Waals surface area contributed by atoms with Crippen molar-refractivity contribution in [1.82, 2.24) is 10.2 Å². The Morgan fingerprint density at radius 1 is 1.28 bits per heavy atom. The molecule has 0 aliphatic carbocycles. The topological polar surface area (TPSA) is 15.3 Å². The quantitative estimate of drug-likeness (QED) is 0.498. The van der Waals surface area contributed by atoms with Crippen molar-refractivity contribution in [2.75, 3.05) is 19.6 Å². The molecule has 0 aromatic heterocycles. The molecule has 18 heavy (non-hydrogen) atoms. The fourth-order valence-corrected chi connectivity index (χ4v) is 2.70. The van der Waals surface area contributed by atoms with Crippen LogP contribution in [0.5, 0.6) is 0 Å². The standard InChI is InChI=1S/C16H32N2/c1-4-5-6-7-10-13-18(15(2)3)14-16-11-8-9-12-17-16/h4,15-17H,1,5-14H2,2-3H3. The lowest BCUT2D eigenvalue weighted by molar-refractivity contribution is 0.181. The zero-order valence-corrected chi connectivity index (χ0v) is 12.5. The second kappa shape index (κ2) is 9.57. The third-order valence-corrected chi connectivity index (χ3v) is 3.95. The minimum atomic E-state index is 0.674. The van der Waals surface area contributed by atoms with E-state index in [0.717, 1.165) is 6.04 Å². The fraction of sp³-hybridized carbons (Fsp3) is 0.875. The molecule has 1 aliphatic rings. The molecule has 106 valence electrons. The molecule has 0 saturated carbocycles. The summed E-state index contributed by atoms with van der Waals surface area (Å²) in [6.45, 7) is 12.1. The molecular formula is C16H32N2. The molecule has 0 spiro atoms. The summed E-state index contributed by atoms with van der Waals surface area (Å²) in [6.07, 6.45) is 11.3. The lowest BCUT2D eigenvalue weighted by Crippen LogP contribution is -2.46. The maximum absolute atomic E-state index is 3.78. The van der Waals surface area contributed by atoms with Crippen LogP contribution in [-0.4, -0.2) is 36.6 Å². The number of nitrogens with one attached hydrogen (secondary N) is 1. The number of piperidine rings is 1. The number of hydrogen-bond acceptors (Lipinski definition) is 2. The van der Waals surface area contributed by atoms with Crippen molar-refractivity contribution in [3.05, 3.63) is 12.7 Å². The molecule has 1 fully saturated rings. The molecule has 2 heteroatoms. The van der Waals surface area contributed by atoms with Crippen LogP contribution in [0.15, 0.2) is 12.7 Å². The molecule has 1 N–H and O–H groups in total. The Balaban J connectivity index is 2.19. The summed E-state index contributed by atoms with van der Waals surface area (Å²) < 4.78 is 0. The largest absolute Gasteiger partial charge is 0.313 e. The van der Waals surface area contributed by atoms with Crippen molar-refractivity contribution in [2.24, 2.45) is 0 Å². The van der Waals surface area contributed by atoms with Gasteiger partial charge in [0.1, 0.15) is 0 Å². The van der Waals surface area contributed by atoms with Crippen LogP contribution >= 0.6 is 0 Å². The maximum atomic E-state index is 3.78. The van der Waals surface area contributed by atoms with Crippen LogP contribution < -0.4 is 5.32 Å². The van der Waals surface area contributed by atoms with Crippen LogP contribution in [0.1, 0.15) is 58.8 Å². The SMILES string of the molecule is C=CCCCCCN(CC1CCCCN1)C(C)C. The molecule has 1 saturated heterocycles. The average Bonchev–Trinajstić information content (AvgIpc) is 2.38. The number of unbranched alkanes of at least 4 members (excludes halogenated alkanes) is 3. The molecule has 2 nitrogen and oxygen atoms in total. The second-order valence-corrected chi connectivity index (χ2v) is 5.87. The molecule has 1 atom stereocenters. The molecule has 1 heterocycles. The summed E-state index contributed by atoms with van der Waals surface area (Å²) in [4.78, 5) is 2.65. The van der Waals surface area contributed by atoms with Gasteiger partial charge in [-0.05, 0) is 59.0 Å². The minimum absolute atomic E-state index is 0.674. The fourth-order valence-electron chi connectivity index (χ4n) is 2.70. The summed E-state index contributed by atoms with van der Waals surface area (Å²) in [6, 6.07) is 1.41. The molecule has 1 unspecified atom stereocenters. The Morgan fingerprint density at radius 2 is 2.11 bits per heavy atom. The van der Waals surface area contributed by atoms with Gasteiger partial charge in [-0.15, -0.1) is 6.58 Å². The zero-order valence-electron chi connectivity index (χ0n) is 12.5. The Kier molecular flexibility index (Phi) is 8.36. The second-order valence-electron chi connectivity index (χ2n) is 5.87. The first-order valence-corrected chi connectivity index (χ1v) is 7.82. The zero-order chi connectivity index (χ0) is 13.2. The average molecular weight is 252 g/mol. The van der Waals surface area contributed by atoms with Crippen LogP contribution in [0, 0.1) is 0 Å². The molecule has 0 aromatic rings. The van der Waals surface area contributed by atoms with Crippen molar-refractivity contribution in [3.63, 3.8) is 0 Å². The van der Waals surface area contributed by atoms with E-state index in [-0.39, 0.29) is 0 Å². The maximum Gasteiger partial charge on any atom is 0.0195 e. The molecular weight excluding hydrogens is 220 g/mol. The monoisotopic (exact) mass is 252 g/mol. The van der Waals surface area contributed by atoms with Gasteiger partial charge in [-0.25, -0.2) is 0 Å². The molecule has 1 rings (SSSR count). The molecule has 0 amide bonds. The lowest BCUT2D eigenvalue weighted by atomic mass is 10.0. The van der Waals surface area contributed by atoms with Gasteiger partial charge < -0.3 is 5.32 Å². The van der Waals surface area contributed by atoms with Gasteiger partial charge in [0.05, 0.1) is 0 Å². The lowest BCUT2D eigenvalue weighted by Gasteiger charge is -2.33. The number of hydrogen-bond donors (Lipinski definition) is 1. The van der Waals surface area contributed by atoms with E-state index in [4.69, 9.17) is 0 Å². The molecule has 0 aromatic carbocycles. The highest BCUT2D eigenvalue weighted by molar-refractivity contribution is 4.77. The van der Waals surface area contributed by atoms with Gasteiger partial charge in [0, 0.05) is 18.6 Å². The normalized spacial score (nSPS) is 20.6. The van der Waals surface area contributed by atoms with E-state index in [1.807, 2.05) is 6.08 Å². The van der Waals surface area contributed by atoms with Crippen LogP contribution in [0.3, 0.4) is 0 Å². The summed E-state index contributed by atoms with van der Waals surface area (Å²) in [7, 11) is 0. The third kappa shape index (κ3) is 6.55. The Labute approximate surface area is 114 Å². The van der Waals surface area contributed by atoms with Gasteiger partial charge in [-0.3, -0.25) is 4.90 Å². The van der Waals surface area contributed by atoms with E-state index in [1.54, 1.807) is 0 Å². The van der Waals surface area contributed by atoms with Crippen molar-refractivity contribution in [3.8, 4) is 0 Å². The van der Waals surface area contributed by atoms with E-state index in [9.17, 15) is 0 Å². The van der Waals surface area contributed by atoms with E-state index < -0.39 is 0 Å². The van der Waals surface area contributed by atoms with Crippen LogP contribution in [0.2, 0.25) is 0 Å². The first-order valence-electron chi connectivity index (χ1n) is 7.82. The first kappa shape index (κ1) is 15.7. The number of rotatable bonds is 9. The van der Waals surface area contributed by atoms with Crippen molar-refractivity contribution >= 4 is 0 Å². The summed E-state index contributed by atoms with van der Waals surface area (Å²) in [5.74, 6) is 0. The van der Waals surface area contributed by atoms with Crippen LogP contribution in [0.25, 0.3) is 0 Å². The van der Waals surface area contributed by atoms with E-state index >= 15 is 0 Å². The highest BCUT2D eigenvalue weighted by Crippen LogP contribution is 2.11. The number of allylic oxidation sites excluding steroid dienone is 1. The molecule has 0 radical (unpaired) electrons. The van der Waals surface area contributed by atoms with Gasteiger partial charge in [-0.1, -0.05) is 18.9 Å². The molecule has 1 aliphatic heterocycles. The van der Waals surface area contributed by atoms with Gasteiger partial charge in [0.25, 0.3) is 0 Å². The summed E-state index contributed by atoms with van der Waals surface area (Å²) in [5, 5.41) is 3.66. The van der Waals surface area contributed by atoms with Gasteiger partial charge >= 0.3 is 0 Å². The summed E-state index contributed by atoms with van der Waals surface area (Å²) >= 11 is 0. The number of nitrogens with zero attached hydrogens (tertiary/aromatic N) is 1. The predicted octanol–water partition coefficient (Wildman–Crippen LogP) is 3.59. The van der Waals surface area contributed by atoms with Crippen molar-refractivity contribution in [1.29, 1.82) is 0 Å². The van der Waals surface area contributed by atoms with Crippen molar-refractivity contribution < 1.29 is 0 Å². The smallest absolute Gasteiger partial charge is 0.0195 e. The minimum Gasteiger partial charge on any atom is -0.313 e. The highest BCUT2D eigenvalue weighted by Gasteiger charge is 2.17. The van der Waals surface area contributed by atoms with Gasteiger partial charge in [-0.2, -0.15) is 0 Å². The van der Waals surface area contributed by atoms with E-state index in [2.05, 4.69) is 30.6 Å². The van der Waals surface area contributed by atoms with Gasteiger partial charge in [0.15, 0.2) is 0 Å². The van der Waals surface area contributed by atoms with Crippen molar-refractivity contribution in [2.45, 2.75) is 70.9 Å². The van der Waals surface area contributed by atoms with Crippen LogP contribution in [-0.2, 0) is 0 Å². The Bertz CT molecular complexity index is 207.